The molecular weight excluding hydrogens is 462 g/mol. The van der Waals surface area contributed by atoms with Gasteiger partial charge in [0.25, 0.3) is 0 Å². The normalized spacial score (nSPS) is 11.9. The van der Waals surface area contributed by atoms with Crippen LogP contribution in [0.5, 0.6) is 0 Å². The minimum Gasteiger partial charge on any atom is -0.306 e. The summed E-state index contributed by atoms with van der Waals surface area (Å²) in [6, 6.07) is 34.7. The molecule has 0 radical (unpaired) electrons. The molecule has 0 fully saturated rings. The molecule has 0 atom stereocenters. The Kier molecular flexibility index (Phi) is 5.15. The molecule has 6 aromatic rings. The number of alkyl halides is 3. The summed E-state index contributed by atoms with van der Waals surface area (Å²) in [5.74, 6) is -1.29. The number of halogens is 4. The average Bonchev–Trinajstić information content (AvgIpc) is 3.22. The SMILES string of the molecule is Fc1c(-n2c3ccc(-c4ccccc4)cc3c3cc(-c4ccccc4)ccc32)cccc1C(F)(F)F. The largest absolute Gasteiger partial charge is 0.419 e. The third-order valence-electron chi connectivity index (χ3n) is 6.50. The van der Waals surface area contributed by atoms with E-state index in [1.807, 2.05) is 97.1 Å². The van der Waals surface area contributed by atoms with Gasteiger partial charge in [-0.05, 0) is 58.7 Å². The van der Waals surface area contributed by atoms with Crippen LogP contribution >= 0.6 is 0 Å². The van der Waals surface area contributed by atoms with Gasteiger partial charge < -0.3 is 4.57 Å². The Morgan fingerprint density at radius 2 is 1.00 bits per heavy atom. The number of nitrogens with zero attached hydrogens (tertiary/aromatic N) is 1. The molecule has 1 aromatic heterocycles. The number of rotatable bonds is 3. The molecule has 0 unspecified atom stereocenters. The highest BCUT2D eigenvalue weighted by atomic mass is 19.4. The van der Waals surface area contributed by atoms with Gasteiger partial charge in [-0.15, -0.1) is 0 Å². The summed E-state index contributed by atoms with van der Waals surface area (Å²) in [5.41, 5.74) is 3.82. The van der Waals surface area contributed by atoms with Gasteiger partial charge in [0, 0.05) is 10.8 Å². The van der Waals surface area contributed by atoms with Crippen molar-refractivity contribution in [3.63, 3.8) is 0 Å². The summed E-state index contributed by atoms with van der Waals surface area (Å²) >= 11 is 0. The van der Waals surface area contributed by atoms with Gasteiger partial charge in [-0.2, -0.15) is 13.2 Å². The fraction of sp³-hybridized carbons (Fsp3) is 0.0323. The fourth-order valence-electron chi connectivity index (χ4n) is 4.81. The van der Waals surface area contributed by atoms with Crippen LogP contribution in [0.3, 0.4) is 0 Å². The second kappa shape index (κ2) is 8.38. The molecule has 36 heavy (non-hydrogen) atoms. The molecule has 0 saturated carbocycles. The fourth-order valence-corrected chi connectivity index (χ4v) is 4.81. The van der Waals surface area contributed by atoms with E-state index in [9.17, 15) is 13.2 Å². The van der Waals surface area contributed by atoms with Gasteiger partial charge in [0.15, 0.2) is 5.82 Å². The van der Waals surface area contributed by atoms with E-state index in [2.05, 4.69) is 0 Å². The summed E-state index contributed by atoms with van der Waals surface area (Å²) in [7, 11) is 0. The zero-order valence-electron chi connectivity index (χ0n) is 18.9. The lowest BCUT2D eigenvalue weighted by Crippen LogP contribution is -2.10. The molecule has 0 amide bonds. The van der Waals surface area contributed by atoms with Crippen LogP contribution in [0, 0.1) is 5.82 Å². The quantitative estimate of drug-likeness (QED) is 0.222. The molecule has 0 aliphatic carbocycles. The third-order valence-corrected chi connectivity index (χ3v) is 6.50. The average molecular weight is 481 g/mol. The molecule has 0 N–H and O–H groups in total. The maximum absolute atomic E-state index is 15.3. The van der Waals surface area contributed by atoms with E-state index in [1.165, 1.54) is 12.1 Å². The monoisotopic (exact) mass is 481 g/mol. The minimum absolute atomic E-state index is 0.134. The zero-order valence-corrected chi connectivity index (χ0v) is 18.9. The standard InChI is InChI=1S/C31H19F4N/c32-30-26(31(33,34)35)12-7-13-29(30)36-27-16-14-22(20-8-3-1-4-9-20)18-24(27)25-19-23(15-17-28(25)36)21-10-5-2-6-11-21/h1-19H. The van der Waals surface area contributed by atoms with Crippen molar-refractivity contribution in [1.29, 1.82) is 0 Å². The second-order valence-corrected chi connectivity index (χ2v) is 8.67. The summed E-state index contributed by atoms with van der Waals surface area (Å²) in [6.45, 7) is 0. The summed E-state index contributed by atoms with van der Waals surface area (Å²) < 4.78 is 57.5. The van der Waals surface area contributed by atoms with Crippen LogP contribution in [-0.4, -0.2) is 4.57 Å². The first-order chi connectivity index (χ1) is 17.4. The van der Waals surface area contributed by atoms with Crippen LogP contribution in [0.4, 0.5) is 17.6 Å². The molecule has 0 saturated heterocycles. The Morgan fingerprint density at radius 1 is 0.500 bits per heavy atom. The Labute approximate surface area is 204 Å². The molecule has 0 bridgehead atoms. The maximum atomic E-state index is 15.3. The summed E-state index contributed by atoms with van der Waals surface area (Å²) in [6.07, 6.45) is -4.79. The Morgan fingerprint density at radius 3 is 1.47 bits per heavy atom. The first-order valence-corrected chi connectivity index (χ1v) is 11.5. The van der Waals surface area contributed by atoms with Crippen molar-refractivity contribution in [1.82, 2.24) is 4.57 Å². The van der Waals surface area contributed by atoms with E-state index in [-0.39, 0.29) is 5.69 Å². The van der Waals surface area contributed by atoms with Gasteiger partial charge in [0.1, 0.15) is 0 Å². The molecule has 1 nitrogen and oxygen atoms in total. The van der Waals surface area contributed by atoms with Crippen molar-refractivity contribution in [2.45, 2.75) is 6.18 Å². The summed E-state index contributed by atoms with van der Waals surface area (Å²) in [5, 5.41) is 1.67. The van der Waals surface area contributed by atoms with Crippen molar-refractivity contribution in [2.75, 3.05) is 0 Å². The van der Waals surface area contributed by atoms with Crippen LogP contribution in [0.2, 0.25) is 0 Å². The number of hydrogen-bond donors (Lipinski definition) is 0. The van der Waals surface area contributed by atoms with Crippen molar-refractivity contribution >= 4 is 21.8 Å². The predicted octanol–water partition coefficient (Wildman–Crippen LogP) is 9.28. The number of hydrogen-bond acceptors (Lipinski definition) is 0. The summed E-state index contributed by atoms with van der Waals surface area (Å²) in [4.78, 5) is 0. The van der Waals surface area contributed by atoms with Crippen molar-refractivity contribution in [2.24, 2.45) is 0 Å². The van der Waals surface area contributed by atoms with E-state index in [0.717, 1.165) is 39.1 Å². The van der Waals surface area contributed by atoms with Gasteiger partial charge in [0.2, 0.25) is 0 Å². The molecule has 6 rings (SSSR count). The Balaban J connectivity index is 1.68. The van der Waals surface area contributed by atoms with E-state index in [0.29, 0.717) is 11.0 Å². The molecule has 176 valence electrons. The molecule has 0 spiro atoms. The number of benzene rings is 5. The molecule has 0 aliphatic heterocycles. The van der Waals surface area contributed by atoms with Crippen LogP contribution < -0.4 is 0 Å². The van der Waals surface area contributed by atoms with Gasteiger partial charge in [-0.1, -0.05) is 78.9 Å². The van der Waals surface area contributed by atoms with Gasteiger partial charge in [0.05, 0.1) is 22.3 Å². The highest BCUT2D eigenvalue weighted by Crippen LogP contribution is 2.39. The molecular formula is C31H19F4N. The van der Waals surface area contributed by atoms with Crippen molar-refractivity contribution in [3.05, 3.63) is 127 Å². The van der Waals surface area contributed by atoms with E-state index >= 15 is 4.39 Å². The van der Waals surface area contributed by atoms with Crippen LogP contribution in [0.15, 0.2) is 115 Å². The van der Waals surface area contributed by atoms with Gasteiger partial charge >= 0.3 is 6.18 Å². The first kappa shape index (κ1) is 22.1. The lowest BCUT2D eigenvalue weighted by molar-refractivity contribution is -0.139. The predicted molar refractivity (Wildman–Crippen MR) is 137 cm³/mol. The minimum atomic E-state index is -4.79. The smallest absolute Gasteiger partial charge is 0.306 e. The Hall–Kier alpha value is -4.38. The third kappa shape index (κ3) is 3.64. The van der Waals surface area contributed by atoms with Gasteiger partial charge in [-0.3, -0.25) is 0 Å². The van der Waals surface area contributed by atoms with Crippen LogP contribution in [-0.2, 0) is 6.18 Å². The topological polar surface area (TPSA) is 4.93 Å². The maximum Gasteiger partial charge on any atom is 0.419 e. The second-order valence-electron chi connectivity index (χ2n) is 8.67. The highest BCUT2D eigenvalue weighted by molar-refractivity contribution is 6.11. The van der Waals surface area contributed by atoms with Crippen molar-refractivity contribution < 1.29 is 17.6 Å². The first-order valence-electron chi connectivity index (χ1n) is 11.5. The molecule has 0 aliphatic rings. The molecule has 5 heteroatoms. The van der Waals surface area contributed by atoms with Crippen LogP contribution in [0.1, 0.15) is 5.56 Å². The van der Waals surface area contributed by atoms with Crippen LogP contribution in [0.25, 0.3) is 49.7 Å². The lowest BCUT2D eigenvalue weighted by Gasteiger charge is -2.14. The van der Waals surface area contributed by atoms with Gasteiger partial charge in [-0.25, -0.2) is 4.39 Å². The number of aromatic nitrogens is 1. The van der Waals surface area contributed by atoms with E-state index in [4.69, 9.17) is 0 Å². The number of fused-ring (bicyclic) bond motifs is 3. The lowest BCUT2D eigenvalue weighted by atomic mass is 10.0. The highest BCUT2D eigenvalue weighted by Gasteiger charge is 2.35. The van der Waals surface area contributed by atoms with E-state index < -0.39 is 17.6 Å². The van der Waals surface area contributed by atoms with E-state index in [1.54, 1.807) is 4.57 Å². The van der Waals surface area contributed by atoms with Crippen molar-refractivity contribution in [3.8, 4) is 27.9 Å². The molecule has 5 aromatic carbocycles. The zero-order chi connectivity index (χ0) is 24.9. The molecule has 1 heterocycles. The Bertz CT molecular complexity index is 1620.